The first-order valence-electron chi connectivity index (χ1n) is 10.6. The van der Waals surface area contributed by atoms with Crippen LogP contribution < -0.4 is 5.69 Å². The zero-order valence-electron chi connectivity index (χ0n) is 19.2. The summed E-state index contributed by atoms with van der Waals surface area (Å²) in [5.74, 6) is -2.62. The van der Waals surface area contributed by atoms with Gasteiger partial charge in [0, 0.05) is 27.0 Å². The monoisotopic (exact) mass is 504 g/mol. The molecule has 1 aromatic carbocycles. The van der Waals surface area contributed by atoms with Gasteiger partial charge in [0.05, 0.1) is 6.42 Å². The maximum Gasteiger partial charge on any atom is 0.338 e. The molecule has 2 heterocycles. The Labute approximate surface area is 205 Å². The second kappa shape index (κ2) is 11.2. The molecule has 0 unspecified atom stereocenters. The molecule has 0 aliphatic carbocycles. The molecule has 0 bridgehead atoms. The van der Waals surface area contributed by atoms with E-state index in [1.807, 2.05) is 0 Å². The van der Waals surface area contributed by atoms with Gasteiger partial charge < -0.3 is 18.9 Å². The van der Waals surface area contributed by atoms with Crippen LogP contribution in [-0.2, 0) is 39.8 Å². The molecule has 4 atom stereocenters. The molecular weight excluding hydrogens is 480 g/mol. The van der Waals surface area contributed by atoms with E-state index < -0.39 is 54.0 Å². The highest BCUT2D eigenvalue weighted by Crippen LogP contribution is 2.33. The lowest BCUT2D eigenvalue weighted by Crippen LogP contribution is -2.43. The standard InChI is InChI=1S/C23H24N2O9S/c1-13(26)31-12-17-20(32-14(2)27)21(33-15(3)28)22(34-17)24-10-9-19(35)25(23(24)30)18(29)11-16-7-5-4-6-8-16/h4-10,17,20-22H,11-12H2,1-3H3/t17-,20-,21-,22-/m1/s1. The van der Waals surface area contributed by atoms with E-state index in [0.29, 0.717) is 5.56 Å². The van der Waals surface area contributed by atoms with Crippen molar-refractivity contribution < 1.29 is 38.1 Å². The lowest BCUT2D eigenvalue weighted by molar-refractivity contribution is -0.166. The summed E-state index contributed by atoms with van der Waals surface area (Å²) in [4.78, 5) is 61.2. The number of carbonyl (C=O) groups is 4. The lowest BCUT2D eigenvalue weighted by Gasteiger charge is -2.24. The highest BCUT2D eigenvalue weighted by Gasteiger charge is 2.51. The summed E-state index contributed by atoms with van der Waals surface area (Å²) in [6.07, 6.45) is -3.62. The van der Waals surface area contributed by atoms with Crippen molar-refractivity contribution >= 4 is 36.0 Å². The van der Waals surface area contributed by atoms with Crippen LogP contribution in [0.2, 0.25) is 0 Å². The minimum Gasteiger partial charge on any atom is -0.463 e. The van der Waals surface area contributed by atoms with Crippen LogP contribution in [0.4, 0.5) is 0 Å². The lowest BCUT2D eigenvalue weighted by atomic mass is 10.1. The SMILES string of the molecule is CC(=O)OC[C@H]1O[C@@H](n2ccc(=S)n(C(=O)Cc3ccccc3)c2=O)[C@H](OC(C)=O)[C@@H]1OC(C)=O. The summed E-state index contributed by atoms with van der Waals surface area (Å²) < 4.78 is 23.3. The van der Waals surface area contributed by atoms with Gasteiger partial charge >= 0.3 is 23.6 Å². The molecule has 11 nitrogen and oxygen atoms in total. The Balaban J connectivity index is 2.02. The van der Waals surface area contributed by atoms with E-state index in [1.54, 1.807) is 30.3 Å². The van der Waals surface area contributed by atoms with Gasteiger partial charge in [0.1, 0.15) is 17.4 Å². The van der Waals surface area contributed by atoms with Crippen LogP contribution in [0.5, 0.6) is 0 Å². The molecular formula is C23H24N2O9S. The highest BCUT2D eigenvalue weighted by molar-refractivity contribution is 7.71. The fourth-order valence-electron chi connectivity index (χ4n) is 3.68. The second-order valence-electron chi connectivity index (χ2n) is 7.75. The maximum absolute atomic E-state index is 13.4. The van der Waals surface area contributed by atoms with E-state index in [2.05, 4.69) is 0 Å². The largest absolute Gasteiger partial charge is 0.463 e. The predicted molar refractivity (Wildman–Crippen MR) is 122 cm³/mol. The zero-order valence-corrected chi connectivity index (χ0v) is 20.1. The van der Waals surface area contributed by atoms with Gasteiger partial charge in [0.25, 0.3) is 0 Å². The molecule has 1 fully saturated rings. The summed E-state index contributed by atoms with van der Waals surface area (Å²) in [7, 11) is 0. The average molecular weight is 505 g/mol. The van der Waals surface area contributed by atoms with Crippen LogP contribution in [0.15, 0.2) is 47.4 Å². The highest BCUT2D eigenvalue weighted by atomic mass is 32.1. The first-order valence-corrected chi connectivity index (χ1v) is 11.0. The van der Waals surface area contributed by atoms with Gasteiger partial charge in [-0.2, -0.15) is 0 Å². The van der Waals surface area contributed by atoms with Gasteiger partial charge in [-0.15, -0.1) is 0 Å². The predicted octanol–water partition coefficient (Wildman–Crippen LogP) is 1.59. The first kappa shape index (κ1) is 26.0. The van der Waals surface area contributed by atoms with Gasteiger partial charge in [0.15, 0.2) is 18.4 Å². The van der Waals surface area contributed by atoms with Gasteiger partial charge in [-0.25, -0.2) is 9.36 Å². The Bertz CT molecular complexity index is 1240. The van der Waals surface area contributed by atoms with Crippen molar-refractivity contribution in [3.63, 3.8) is 0 Å². The van der Waals surface area contributed by atoms with E-state index in [0.717, 1.165) is 23.0 Å². The molecule has 186 valence electrons. The zero-order chi connectivity index (χ0) is 25.7. The van der Waals surface area contributed by atoms with Gasteiger partial charge in [-0.1, -0.05) is 42.5 Å². The number of benzene rings is 1. The van der Waals surface area contributed by atoms with Crippen LogP contribution in [0, 0.1) is 4.64 Å². The van der Waals surface area contributed by atoms with E-state index >= 15 is 0 Å². The molecule has 2 aromatic rings. The fraction of sp³-hybridized carbons (Fsp3) is 0.391. The molecule has 3 rings (SSSR count). The van der Waals surface area contributed by atoms with Crippen LogP contribution in [-0.4, -0.2) is 57.9 Å². The minimum absolute atomic E-state index is 0.0257. The average Bonchev–Trinajstić information content (AvgIpc) is 3.08. The van der Waals surface area contributed by atoms with E-state index in [9.17, 15) is 24.0 Å². The molecule has 12 heteroatoms. The smallest absolute Gasteiger partial charge is 0.338 e. The van der Waals surface area contributed by atoms with Gasteiger partial charge in [0.2, 0.25) is 5.91 Å². The van der Waals surface area contributed by atoms with Crippen molar-refractivity contribution in [1.82, 2.24) is 9.13 Å². The Hall–Kier alpha value is -3.64. The molecule has 1 aliphatic heterocycles. The summed E-state index contributed by atoms with van der Waals surface area (Å²) in [6, 6.07) is 10.2. The summed E-state index contributed by atoms with van der Waals surface area (Å²) in [5.41, 5.74) is -0.157. The minimum atomic E-state index is -1.30. The molecule has 0 radical (unpaired) electrons. The van der Waals surface area contributed by atoms with Crippen molar-refractivity contribution in [2.75, 3.05) is 6.61 Å². The molecule has 1 saturated heterocycles. The normalized spacial score (nSPS) is 21.2. The summed E-state index contributed by atoms with van der Waals surface area (Å²) in [6.45, 7) is 3.14. The van der Waals surface area contributed by atoms with Crippen molar-refractivity contribution in [2.45, 2.75) is 51.7 Å². The van der Waals surface area contributed by atoms with Crippen molar-refractivity contribution in [3.05, 3.63) is 63.3 Å². The Kier molecular flexibility index (Phi) is 8.30. The summed E-state index contributed by atoms with van der Waals surface area (Å²) in [5, 5.41) is 0. The number of rotatable bonds is 7. The van der Waals surface area contributed by atoms with E-state index in [-0.39, 0.29) is 17.7 Å². The van der Waals surface area contributed by atoms with Crippen molar-refractivity contribution in [1.29, 1.82) is 0 Å². The molecule has 35 heavy (non-hydrogen) atoms. The molecule has 0 saturated carbocycles. The van der Waals surface area contributed by atoms with E-state index in [1.165, 1.54) is 19.2 Å². The van der Waals surface area contributed by atoms with Crippen molar-refractivity contribution in [3.8, 4) is 0 Å². The number of esters is 3. The van der Waals surface area contributed by atoms with E-state index in [4.69, 9.17) is 31.2 Å². The van der Waals surface area contributed by atoms with Crippen LogP contribution in [0.1, 0.15) is 37.4 Å². The molecule has 0 spiro atoms. The Morgan fingerprint density at radius 1 is 0.943 bits per heavy atom. The maximum atomic E-state index is 13.4. The van der Waals surface area contributed by atoms with Crippen LogP contribution in [0.3, 0.4) is 0 Å². The van der Waals surface area contributed by atoms with Gasteiger partial charge in [-0.05, 0) is 11.6 Å². The Morgan fingerprint density at radius 3 is 2.17 bits per heavy atom. The third kappa shape index (κ3) is 6.28. The Morgan fingerprint density at radius 2 is 1.57 bits per heavy atom. The van der Waals surface area contributed by atoms with Crippen LogP contribution >= 0.6 is 12.2 Å². The van der Waals surface area contributed by atoms with Crippen molar-refractivity contribution in [2.24, 2.45) is 0 Å². The third-order valence-electron chi connectivity index (χ3n) is 5.07. The molecule has 1 aromatic heterocycles. The number of hydrogen-bond acceptors (Lipinski definition) is 10. The first-order chi connectivity index (χ1) is 16.6. The fourth-order valence-corrected chi connectivity index (χ4v) is 3.92. The molecule has 1 aliphatic rings. The molecule has 0 N–H and O–H groups in total. The number of ether oxygens (including phenoxy) is 4. The number of aromatic nitrogens is 2. The third-order valence-corrected chi connectivity index (χ3v) is 5.39. The summed E-state index contributed by atoms with van der Waals surface area (Å²) >= 11 is 5.22. The number of nitrogens with zero attached hydrogens (tertiary/aromatic N) is 2. The number of hydrogen-bond donors (Lipinski definition) is 0. The second-order valence-corrected chi connectivity index (χ2v) is 8.17. The van der Waals surface area contributed by atoms with Crippen LogP contribution in [0.25, 0.3) is 0 Å². The van der Waals surface area contributed by atoms with Gasteiger partial charge in [-0.3, -0.25) is 23.7 Å². The topological polar surface area (TPSA) is 132 Å². The number of carbonyl (C=O) groups excluding carboxylic acids is 4. The quantitative estimate of drug-likeness (QED) is 0.311. The molecule has 0 amide bonds.